The number of carbonyl (C=O) groups excluding carboxylic acids is 4. The van der Waals surface area contributed by atoms with Gasteiger partial charge in [0, 0.05) is 20.0 Å². The van der Waals surface area contributed by atoms with Crippen LogP contribution in [0.1, 0.15) is 18.1 Å². The molecule has 0 saturated heterocycles. The molecule has 0 spiro atoms. The van der Waals surface area contributed by atoms with Crippen LogP contribution < -0.4 is 21.7 Å². The molecule has 2 rings (SSSR count). The van der Waals surface area contributed by atoms with Crippen LogP contribution in [0.2, 0.25) is 0 Å². The second kappa shape index (κ2) is 14.6. The summed E-state index contributed by atoms with van der Waals surface area (Å²) in [5.41, 5.74) is 7.53. The van der Waals surface area contributed by atoms with Crippen molar-refractivity contribution in [3.63, 3.8) is 0 Å². The van der Waals surface area contributed by atoms with E-state index in [1.165, 1.54) is 31.0 Å². The van der Waals surface area contributed by atoms with Crippen LogP contribution in [0.3, 0.4) is 0 Å². The lowest BCUT2D eigenvalue weighted by Crippen LogP contribution is -2.54. The van der Waals surface area contributed by atoms with E-state index in [2.05, 4.69) is 16.0 Å². The molecule has 4 amide bonds. The van der Waals surface area contributed by atoms with Gasteiger partial charge in [0.05, 0.1) is 19.2 Å². The molecule has 3 atom stereocenters. The minimum Gasteiger partial charge on any atom is -0.508 e. The van der Waals surface area contributed by atoms with Crippen LogP contribution >= 0.6 is 0 Å². The molecule has 0 radical (unpaired) electrons. The fourth-order valence-electron chi connectivity index (χ4n) is 3.52. The number of phenols is 1. The van der Waals surface area contributed by atoms with Crippen LogP contribution in [0.25, 0.3) is 0 Å². The first-order valence-electron chi connectivity index (χ1n) is 11.9. The predicted molar refractivity (Wildman–Crippen MR) is 137 cm³/mol. The van der Waals surface area contributed by atoms with Gasteiger partial charge >= 0.3 is 0 Å². The maximum Gasteiger partial charge on any atom is 0.243 e. The van der Waals surface area contributed by atoms with Crippen molar-refractivity contribution in [1.29, 1.82) is 0 Å². The summed E-state index contributed by atoms with van der Waals surface area (Å²) in [4.78, 5) is 51.6. The molecule has 7 N–H and O–H groups in total. The molecule has 11 heteroatoms. The van der Waals surface area contributed by atoms with Crippen molar-refractivity contribution in [2.45, 2.75) is 37.9 Å². The number of likely N-dealkylation sites (N-methyl/N-ethyl adjacent to an activating group) is 1. The van der Waals surface area contributed by atoms with Gasteiger partial charge in [0.15, 0.2) is 0 Å². The van der Waals surface area contributed by atoms with Gasteiger partial charge in [0.1, 0.15) is 17.8 Å². The van der Waals surface area contributed by atoms with Crippen LogP contribution in [0.4, 0.5) is 0 Å². The number of aliphatic hydroxyl groups excluding tert-OH is 1. The monoisotopic (exact) mass is 513 g/mol. The Balaban J connectivity index is 1.90. The second-order valence-electron chi connectivity index (χ2n) is 8.65. The molecule has 0 aliphatic carbocycles. The van der Waals surface area contributed by atoms with Gasteiger partial charge in [-0.1, -0.05) is 42.5 Å². The molecule has 0 bridgehead atoms. The van der Waals surface area contributed by atoms with E-state index in [4.69, 9.17) is 10.8 Å². The highest BCUT2D eigenvalue weighted by atomic mass is 16.3. The second-order valence-corrected chi connectivity index (χ2v) is 8.65. The average Bonchev–Trinajstić information content (AvgIpc) is 2.90. The Kier molecular flexibility index (Phi) is 11.5. The van der Waals surface area contributed by atoms with Crippen LogP contribution in [-0.4, -0.2) is 83.6 Å². The lowest BCUT2D eigenvalue weighted by Gasteiger charge is -2.28. The number of phenolic OH excluding ortho intramolecular Hbond substituents is 1. The number of hydrogen-bond donors (Lipinski definition) is 6. The van der Waals surface area contributed by atoms with E-state index in [-0.39, 0.29) is 38.3 Å². The minimum absolute atomic E-state index is 0.0506. The normalized spacial score (nSPS) is 13.1. The Morgan fingerprint density at radius 2 is 1.51 bits per heavy atom. The molecule has 0 aromatic heterocycles. The number of hydrogen-bond acceptors (Lipinski definition) is 7. The number of nitrogens with one attached hydrogen (secondary N) is 3. The van der Waals surface area contributed by atoms with Gasteiger partial charge in [0.2, 0.25) is 23.6 Å². The minimum atomic E-state index is -0.954. The van der Waals surface area contributed by atoms with Crippen molar-refractivity contribution in [3.05, 3.63) is 65.7 Å². The number of benzene rings is 2. The van der Waals surface area contributed by atoms with Gasteiger partial charge in [-0.05, 0) is 36.6 Å². The van der Waals surface area contributed by atoms with Gasteiger partial charge < -0.3 is 36.8 Å². The zero-order valence-corrected chi connectivity index (χ0v) is 21.0. The summed E-state index contributed by atoms with van der Waals surface area (Å²) < 4.78 is 0. The third-order valence-corrected chi connectivity index (χ3v) is 5.74. The number of aromatic hydroxyl groups is 1. The van der Waals surface area contributed by atoms with Gasteiger partial charge in [-0.15, -0.1) is 0 Å². The Hall–Kier alpha value is -3.96. The smallest absolute Gasteiger partial charge is 0.243 e. The molecular weight excluding hydrogens is 478 g/mol. The Morgan fingerprint density at radius 3 is 2.14 bits per heavy atom. The first-order chi connectivity index (χ1) is 17.6. The van der Waals surface area contributed by atoms with E-state index in [0.717, 1.165) is 11.1 Å². The van der Waals surface area contributed by atoms with Crippen LogP contribution in [0.5, 0.6) is 5.75 Å². The highest BCUT2D eigenvalue weighted by molar-refractivity contribution is 5.93. The highest BCUT2D eigenvalue weighted by Crippen LogP contribution is 2.11. The fourth-order valence-corrected chi connectivity index (χ4v) is 3.52. The summed E-state index contributed by atoms with van der Waals surface area (Å²) in [5, 5.41) is 26.0. The first kappa shape index (κ1) is 29.3. The van der Waals surface area contributed by atoms with Gasteiger partial charge in [-0.25, -0.2) is 0 Å². The fraction of sp³-hybridized carbons (Fsp3) is 0.385. The third kappa shape index (κ3) is 9.54. The van der Waals surface area contributed by atoms with E-state index < -0.39 is 41.8 Å². The zero-order chi connectivity index (χ0) is 27.4. The summed E-state index contributed by atoms with van der Waals surface area (Å²) >= 11 is 0. The summed E-state index contributed by atoms with van der Waals surface area (Å²) in [7, 11) is 1.47. The van der Waals surface area contributed by atoms with E-state index in [0.29, 0.717) is 0 Å². The quantitative estimate of drug-likeness (QED) is 0.200. The third-order valence-electron chi connectivity index (χ3n) is 5.74. The molecule has 2 aromatic carbocycles. The maximum atomic E-state index is 12.8. The zero-order valence-electron chi connectivity index (χ0n) is 21.0. The number of carbonyl (C=O) groups is 4. The maximum absolute atomic E-state index is 12.8. The van der Waals surface area contributed by atoms with Gasteiger partial charge in [-0.3, -0.25) is 19.2 Å². The number of nitrogens with zero attached hydrogens (tertiary/aromatic N) is 1. The van der Waals surface area contributed by atoms with Crippen LogP contribution in [0.15, 0.2) is 54.6 Å². The van der Waals surface area contributed by atoms with Gasteiger partial charge in [0.25, 0.3) is 0 Å². The number of nitrogens with two attached hydrogens (primary N) is 1. The van der Waals surface area contributed by atoms with E-state index in [1.807, 2.05) is 30.3 Å². The molecule has 0 unspecified atom stereocenters. The number of amides is 4. The van der Waals surface area contributed by atoms with Crippen LogP contribution in [0, 0.1) is 0 Å². The molecule has 37 heavy (non-hydrogen) atoms. The van der Waals surface area contributed by atoms with Gasteiger partial charge in [-0.2, -0.15) is 0 Å². The predicted octanol–water partition coefficient (Wildman–Crippen LogP) is -0.939. The molecule has 0 saturated carbocycles. The molecule has 2 aromatic rings. The van der Waals surface area contributed by atoms with E-state index in [9.17, 15) is 24.3 Å². The summed E-state index contributed by atoms with van der Waals surface area (Å²) in [6.07, 6.45) is 0.463. The first-order valence-corrected chi connectivity index (χ1v) is 11.9. The SMILES string of the molecule is C[C@H](NC(=O)[C@@H](N)Cc1ccc(O)cc1)C(=O)NCC(=O)N(C)[C@@H](Cc1ccccc1)C(=O)NCCO. The topological polar surface area (TPSA) is 174 Å². The Morgan fingerprint density at radius 1 is 0.892 bits per heavy atom. The van der Waals surface area contributed by atoms with E-state index >= 15 is 0 Å². The molecule has 0 aliphatic heterocycles. The summed E-state index contributed by atoms with van der Waals surface area (Å²) in [6, 6.07) is 12.7. The van der Waals surface area contributed by atoms with Crippen molar-refractivity contribution in [1.82, 2.24) is 20.9 Å². The summed E-state index contributed by atoms with van der Waals surface area (Å²) in [6.45, 7) is 0.900. The van der Waals surface area contributed by atoms with Crippen molar-refractivity contribution >= 4 is 23.6 Å². The molecule has 0 heterocycles. The number of aliphatic hydroxyl groups is 1. The standard InChI is InChI=1S/C26H35N5O6/c1-17(30-25(36)21(27)14-19-8-10-20(33)11-9-19)24(35)29-16-23(34)31(2)22(26(37)28-12-13-32)15-18-6-4-3-5-7-18/h3-11,17,21-22,32-33H,12-16,27H2,1-2H3,(H,28,37)(H,29,35)(H,30,36)/t17-,21-,22-/m0/s1. The van der Waals surface area contributed by atoms with Crippen molar-refractivity contribution in [2.24, 2.45) is 5.73 Å². The van der Waals surface area contributed by atoms with Crippen molar-refractivity contribution in [2.75, 3.05) is 26.7 Å². The highest BCUT2D eigenvalue weighted by Gasteiger charge is 2.28. The van der Waals surface area contributed by atoms with E-state index in [1.54, 1.807) is 12.1 Å². The molecular formula is C26H35N5O6. The lowest BCUT2D eigenvalue weighted by molar-refractivity contribution is -0.139. The summed E-state index contributed by atoms with van der Waals surface area (Å²) in [5.74, 6) is -1.96. The van der Waals surface area contributed by atoms with Crippen molar-refractivity contribution in [3.8, 4) is 5.75 Å². The van der Waals surface area contributed by atoms with Crippen LogP contribution in [-0.2, 0) is 32.0 Å². The molecule has 0 fully saturated rings. The molecule has 200 valence electrons. The lowest BCUT2D eigenvalue weighted by atomic mass is 10.0. The number of rotatable bonds is 13. The Labute approximate surface area is 216 Å². The Bertz CT molecular complexity index is 1050. The molecule has 0 aliphatic rings. The molecule has 11 nitrogen and oxygen atoms in total. The average molecular weight is 514 g/mol. The van der Waals surface area contributed by atoms with Crippen molar-refractivity contribution < 1.29 is 29.4 Å². The largest absolute Gasteiger partial charge is 0.508 e.